The summed E-state index contributed by atoms with van der Waals surface area (Å²) in [6.07, 6.45) is 4.40. The topological polar surface area (TPSA) is 74.2 Å². The van der Waals surface area contributed by atoms with Gasteiger partial charge in [0.15, 0.2) is 5.11 Å². The van der Waals surface area contributed by atoms with Gasteiger partial charge in [0.25, 0.3) is 5.91 Å². The van der Waals surface area contributed by atoms with E-state index in [0.717, 1.165) is 12.8 Å². The van der Waals surface area contributed by atoms with Crippen molar-refractivity contribution in [2.24, 2.45) is 0 Å². The zero-order valence-corrected chi connectivity index (χ0v) is 16.1. The molecule has 2 aromatic rings. The van der Waals surface area contributed by atoms with E-state index in [0.29, 0.717) is 29.2 Å². The van der Waals surface area contributed by atoms with Crippen molar-refractivity contribution >= 4 is 28.9 Å². The number of unbranched alkanes of at least 4 members (excludes halogenated alkanes) is 3. The maximum Gasteiger partial charge on any atom is 0.261 e. The molecule has 0 aromatic heterocycles. The largest absolute Gasteiger partial charge is 0.493 e. The van der Waals surface area contributed by atoms with Gasteiger partial charge in [-0.15, -0.1) is 0 Å². The van der Waals surface area contributed by atoms with Crippen LogP contribution < -0.4 is 15.4 Å². The number of ether oxygens (including phenoxy) is 1. The van der Waals surface area contributed by atoms with Gasteiger partial charge in [-0.3, -0.25) is 10.1 Å². The normalized spacial score (nSPS) is 9.93. The van der Waals surface area contributed by atoms with Crippen molar-refractivity contribution in [1.82, 2.24) is 5.32 Å². The Morgan fingerprint density at radius 2 is 1.85 bits per heavy atom. The summed E-state index contributed by atoms with van der Waals surface area (Å²) in [6, 6.07) is 16.1. The number of benzene rings is 2. The number of nitrogens with zero attached hydrogens (tertiary/aromatic N) is 1. The van der Waals surface area contributed by atoms with E-state index in [1.165, 1.54) is 12.8 Å². The third-order valence-electron chi connectivity index (χ3n) is 3.91. The van der Waals surface area contributed by atoms with Gasteiger partial charge in [-0.25, -0.2) is 0 Å². The number of hydrogen-bond acceptors (Lipinski definition) is 4. The Kier molecular flexibility index (Phi) is 8.27. The fraction of sp³-hybridized carbons (Fsp3) is 0.286. The molecule has 2 rings (SSSR count). The van der Waals surface area contributed by atoms with Crippen molar-refractivity contribution in [2.75, 3.05) is 11.9 Å². The number of amides is 1. The molecule has 0 radical (unpaired) electrons. The zero-order valence-electron chi connectivity index (χ0n) is 15.3. The van der Waals surface area contributed by atoms with Crippen molar-refractivity contribution in [2.45, 2.75) is 32.6 Å². The lowest BCUT2D eigenvalue weighted by atomic mass is 10.2. The first-order valence-corrected chi connectivity index (χ1v) is 9.39. The van der Waals surface area contributed by atoms with Crippen LogP contribution >= 0.6 is 12.2 Å². The van der Waals surface area contributed by atoms with Crippen molar-refractivity contribution in [3.63, 3.8) is 0 Å². The Balaban J connectivity index is 1.97. The second-order valence-corrected chi connectivity index (χ2v) is 6.38. The second kappa shape index (κ2) is 10.9. The summed E-state index contributed by atoms with van der Waals surface area (Å²) in [7, 11) is 0. The fourth-order valence-corrected chi connectivity index (χ4v) is 2.71. The predicted octanol–water partition coefficient (Wildman–Crippen LogP) is 4.64. The van der Waals surface area contributed by atoms with E-state index in [1.807, 2.05) is 6.07 Å². The molecular weight excluding hydrogens is 358 g/mol. The van der Waals surface area contributed by atoms with Crippen LogP contribution in [-0.2, 0) is 0 Å². The molecule has 0 saturated heterocycles. The zero-order chi connectivity index (χ0) is 19.5. The second-order valence-electron chi connectivity index (χ2n) is 5.97. The summed E-state index contributed by atoms with van der Waals surface area (Å²) in [5.41, 5.74) is 1.42. The van der Waals surface area contributed by atoms with Crippen molar-refractivity contribution in [1.29, 1.82) is 5.26 Å². The highest BCUT2D eigenvalue weighted by atomic mass is 32.1. The SMILES string of the molecule is CCCCCCOc1ccccc1C(=O)NC(=S)Nc1ccccc1C#N. The molecular formula is C21H23N3O2S. The standard InChI is InChI=1S/C21H23N3O2S/c1-2-3-4-9-14-26-19-13-8-6-11-17(19)20(25)24-21(27)23-18-12-7-5-10-16(18)15-22/h5-8,10-13H,2-4,9,14H2,1H3,(H2,23,24,25,27). The van der Waals surface area contributed by atoms with Crippen LogP contribution in [0.25, 0.3) is 0 Å². The van der Waals surface area contributed by atoms with Crippen LogP contribution in [0, 0.1) is 11.3 Å². The van der Waals surface area contributed by atoms with Crippen LogP contribution in [0.15, 0.2) is 48.5 Å². The van der Waals surface area contributed by atoms with E-state index in [1.54, 1.807) is 42.5 Å². The molecule has 0 aliphatic carbocycles. The highest BCUT2D eigenvalue weighted by Crippen LogP contribution is 2.19. The van der Waals surface area contributed by atoms with Crippen LogP contribution in [0.1, 0.15) is 48.5 Å². The van der Waals surface area contributed by atoms with Gasteiger partial charge in [-0.2, -0.15) is 5.26 Å². The molecule has 0 heterocycles. The molecule has 0 atom stereocenters. The van der Waals surface area contributed by atoms with E-state index in [9.17, 15) is 4.79 Å². The maximum absolute atomic E-state index is 12.6. The number of rotatable bonds is 8. The van der Waals surface area contributed by atoms with Crippen LogP contribution in [0.5, 0.6) is 5.75 Å². The monoisotopic (exact) mass is 381 g/mol. The van der Waals surface area contributed by atoms with Crippen LogP contribution in [0.2, 0.25) is 0 Å². The minimum absolute atomic E-state index is 0.125. The van der Waals surface area contributed by atoms with E-state index in [-0.39, 0.29) is 11.0 Å². The average molecular weight is 382 g/mol. The van der Waals surface area contributed by atoms with Gasteiger partial charge in [0, 0.05) is 0 Å². The molecule has 6 heteroatoms. The van der Waals surface area contributed by atoms with E-state index in [2.05, 4.69) is 23.6 Å². The van der Waals surface area contributed by atoms with Gasteiger partial charge in [-0.05, 0) is 42.9 Å². The van der Waals surface area contributed by atoms with Gasteiger partial charge in [0.2, 0.25) is 0 Å². The minimum atomic E-state index is -0.355. The Labute approximate surface area is 165 Å². The molecule has 0 aliphatic heterocycles. The molecule has 0 fully saturated rings. The molecule has 140 valence electrons. The lowest BCUT2D eigenvalue weighted by Crippen LogP contribution is -2.34. The molecule has 5 nitrogen and oxygen atoms in total. The molecule has 2 N–H and O–H groups in total. The highest BCUT2D eigenvalue weighted by Gasteiger charge is 2.14. The summed E-state index contributed by atoms with van der Waals surface area (Å²) >= 11 is 5.21. The number of carbonyl (C=O) groups excluding carboxylic acids is 1. The summed E-state index contributed by atoms with van der Waals surface area (Å²) in [5.74, 6) is 0.179. The van der Waals surface area contributed by atoms with E-state index < -0.39 is 0 Å². The number of carbonyl (C=O) groups is 1. The first-order valence-electron chi connectivity index (χ1n) is 8.99. The van der Waals surface area contributed by atoms with Crippen LogP contribution in [0.3, 0.4) is 0 Å². The highest BCUT2D eigenvalue weighted by molar-refractivity contribution is 7.80. The predicted molar refractivity (Wildman–Crippen MR) is 111 cm³/mol. The summed E-state index contributed by atoms with van der Waals surface area (Å²) in [5, 5.41) is 14.8. The maximum atomic E-state index is 12.6. The van der Waals surface area contributed by atoms with Gasteiger partial charge in [0.05, 0.1) is 23.4 Å². The molecule has 0 saturated carbocycles. The van der Waals surface area contributed by atoms with Gasteiger partial charge >= 0.3 is 0 Å². The molecule has 27 heavy (non-hydrogen) atoms. The number of nitrogens with one attached hydrogen (secondary N) is 2. The third kappa shape index (κ3) is 6.39. The van der Waals surface area contributed by atoms with Gasteiger partial charge < -0.3 is 10.1 Å². The van der Waals surface area contributed by atoms with Crippen LogP contribution in [-0.4, -0.2) is 17.6 Å². The van der Waals surface area contributed by atoms with E-state index in [4.69, 9.17) is 22.2 Å². The fourth-order valence-electron chi connectivity index (χ4n) is 2.50. The number of thiocarbonyl (C=S) groups is 1. The number of para-hydroxylation sites is 2. The summed E-state index contributed by atoms with van der Waals surface area (Å²) in [4.78, 5) is 12.6. The smallest absolute Gasteiger partial charge is 0.261 e. The molecule has 2 aromatic carbocycles. The summed E-state index contributed by atoms with van der Waals surface area (Å²) < 4.78 is 5.77. The first-order chi connectivity index (χ1) is 13.2. The van der Waals surface area contributed by atoms with Crippen LogP contribution in [0.4, 0.5) is 5.69 Å². The molecule has 0 bridgehead atoms. The summed E-state index contributed by atoms with van der Waals surface area (Å²) in [6.45, 7) is 2.73. The lowest BCUT2D eigenvalue weighted by molar-refractivity contribution is 0.0973. The number of nitriles is 1. The van der Waals surface area contributed by atoms with Gasteiger partial charge in [0.1, 0.15) is 11.8 Å². The Hall–Kier alpha value is -2.91. The molecule has 0 spiro atoms. The van der Waals surface area contributed by atoms with Crippen molar-refractivity contribution in [3.8, 4) is 11.8 Å². The minimum Gasteiger partial charge on any atom is -0.493 e. The third-order valence-corrected chi connectivity index (χ3v) is 4.11. The van der Waals surface area contributed by atoms with E-state index >= 15 is 0 Å². The van der Waals surface area contributed by atoms with Crippen molar-refractivity contribution < 1.29 is 9.53 Å². The molecule has 0 aliphatic rings. The van der Waals surface area contributed by atoms with Crippen molar-refractivity contribution in [3.05, 3.63) is 59.7 Å². The Bertz CT molecular complexity index is 830. The Morgan fingerprint density at radius 1 is 1.11 bits per heavy atom. The average Bonchev–Trinajstić information content (AvgIpc) is 2.68. The number of anilines is 1. The Morgan fingerprint density at radius 3 is 2.63 bits per heavy atom. The molecule has 0 unspecified atom stereocenters. The quantitative estimate of drug-likeness (QED) is 0.514. The van der Waals surface area contributed by atoms with Gasteiger partial charge in [-0.1, -0.05) is 50.5 Å². The lowest BCUT2D eigenvalue weighted by Gasteiger charge is -2.13. The molecule has 1 amide bonds. The first kappa shape index (κ1) is 20.4. The number of hydrogen-bond donors (Lipinski definition) is 2.